The van der Waals surface area contributed by atoms with Gasteiger partial charge in [0.2, 0.25) is 15.9 Å². The van der Waals surface area contributed by atoms with Crippen molar-refractivity contribution in [3.63, 3.8) is 0 Å². The fraction of sp³-hybridized carbons (Fsp3) is 0.409. The van der Waals surface area contributed by atoms with E-state index in [4.69, 9.17) is 9.47 Å². The summed E-state index contributed by atoms with van der Waals surface area (Å²) < 4.78 is 37.7. The highest BCUT2D eigenvalue weighted by Gasteiger charge is 2.31. The average Bonchev–Trinajstić information content (AvgIpc) is 2.78. The number of amides is 1. The van der Waals surface area contributed by atoms with Gasteiger partial charge in [0.25, 0.3) is 0 Å². The van der Waals surface area contributed by atoms with E-state index in [9.17, 15) is 13.2 Å². The van der Waals surface area contributed by atoms with E-state index in [1.807, 2.05) is 18.7 Å². The van der Waals surface area contributed by atoms with Crippen LogP contribution in [-0.2, 0) is 14.8 Å². The van der Waals surface area contributed by atoms with Gasteiger partial charge in [0.05, 0.1) is 25.2 Å². The first-order valence-corrected chi connectivity index (χ1v) is 11.5. The van der Waals surface area contributed by atoms with Crippen molar-refractivity contribution in [2.75, 3.05) is 45.7 Å². The minimum absolute atomic E-state index is 0.176. The fourth-order valence-corrected chi connectivity index (χ4v) is 4.90. The van der Waals surface area contributed by atoms with E-state index >= 15 is 0 Å². The number of benzene rings is 2. The molecule has 1 aliphatic heterocycles. The molecular weight excluding hydrogens is 418 g/mol. The summed E-state index contributed by atoms with van der Waals surface area (Å²) in [4.78, 5) is 15.1. The molecule has 1 aliphatic rings. The smallest absolute Gasteiger partial charge is 0.243 e. The van der Waals surface area contributed by atoms with E-state index in [1.165, 1.54) is 4.31 Å². The number of piperazine rings is 1. The SMILES string of the molecule is COc1cc(NC(=O)[C@@H](C)N2CCN(S(=O)(=O)c3ccc(C)cc3)CC2)cc(OC)c1. The predicted molar refractivity (Wildman–Crippen MR) is 119 cm³/mol. The monoisotopic (exact) mass is 447 g/mol. The Labute approximate surface area is 183 Å². The lowest BCUT2D eigenvalue weighted by Crippen LogP contribution is -2.53. The molecule has 1 fully saturated rings. The van der Waals surface area contributed by atoms with Crippen LogP contribution in [0.25, 0.3) is 0 Å². The number of nitrogens with one attached hydrogen (secondary N) is 1. The lowest BCUT2D eigenvalue weighted by atomic mass is 10.2. The zero-order chi connectivity index (χ0) is 22.6. The van der Waals surface area contributed by atoms with Crippen molar-refractivity contribution in [2.45, 2.75) is 24.8 Å². The van der Waals surface area contributed by atoms with Gasteiger partial charge in [-0.25, -0.2) is 8.42 Å². The van der Waals surface area contributed by atoms with E-state index in [-0.39, 0.29) is 5.91 Å². The van der Waals surface area contributed by atoms with Crippen molar-refractivity contribution in [1.82, 2.24) is 9.21 Å². The van der Waals surface area contributed by atoms with E-state index < -0.39 is 16.1 Å². The van der Waals surface area contributed by atoms with Crippen molar-refractivity contribution in [3.05, 3.63) is 48.0 Å². The summed E-state index contributed by atoms with van der Waals surface area (Å²) in [6.45, 7) is 5.35. The highest BCUT2D eigenvalue weighted by molar-refractivity contribution is 7.89. The third-order valence-corrected chi connectivity index (χ3v) is 7.39. The summed E-state index contributed by atoms with van der Waals surface area (Å²) in [5.41, 5.74) is 1.59. The molecule has 1 heterocycles. The summed E-state index contributed by atoms with van der Waals surface area (Å²) in [7, 11) is -0.436. The molecule has 1 atom stereocenters. The largest absolute Gasteiger partial charge is 0.497 e. The van der Waals surface area contributed by atoms with Crippen LogP contribution < -0.4 is 14.8 Å². The molecule has 0 unspecified atom stereocenters. The van der Waals surface area contributed by atoms with Crippen LogP contribution in [0.2, 0.25) is 0 Å². The first kappa shape index (κ1) is 23.1. The van der Waals surface area contributed by atoms with Crippen molar-refractivity contribution >= 4 is 21.6 Å². The zero-order valence-electron chi connectivity index (χ0n) is 18.3. The van der Waals surface area contributed by atoms with Crippen LogP contribution in [-0.4, -0.2) is 70.0 Å². The Morgan fingerprint density at radius 3 is 2.03 bits per heavy atom. The van der Waals surface area contributed by atoms with Crippen molar-refractivity contribution < 1.29 is 22.7 Å². The summed E-state index contributed by atoms with van der Waals surface area (Å²) in [6.07, 6.45) is 0. The van der Waals surface area contributed by atoms with Crippen molar-refractivity contribution in [2.24, 2.45) is 0 Å². The molecule has 0 radical (unpaired) electrons. The second kappa shape index (κ2) is 9.67. The van der Waals surface area contributed by atoms with Gasteiger partial charge in [-0.15, -0.1) is 0 Å². The molecule has 2 aromatic carbocycles. The lowest BCUT2D eigenvalue weighted by Gasteiger charge is -2.36. The molecule has 2 aromatic rings. The summed E-state index contributed by atoms with van der Waals surface area (Å²) in [5, 5.41) is 2.89. The minimum atomic E-state index is -3.53. The molecule has 168 valence electrons. The number of carbonyl (C=O) groups is 1. The molecule has 1 amide bonds. The van der Waals surface area contributed by atoms with Crippen LogP contribution >= 0.6 is 0 Å². The Morgan fingerprint density at radius 1 is 0.968 bits per heavy atom. The third-order valence-electron chi connectivity index (χ3n) is 5.48. The number of carbonyl (C=O) groups excluding carboxylic acids is 1. The van der Waals surface area contributed by atoms with Gasteiger partial charge in [-0.3, -0.25) is 9.69 Å². The number of nitrogens with zero attached hydrogens (tertiary/aromatic N) is 2. The molecule has 9 heteroatoms. The number of aryl methyl sites for hydroxylation is 1. The van der Waals surface area contributed by atoms with E-state index in [1.54, 1.807) is 56.7 Å². The quantitative estimate of drug-likeness (QED) is 0.701. The van der Waals surface area contributed by atoms with Gasteiger partial charge in [0, 0.05) is 50.1 Å². The first-order chi connectivity index (χ1) is 14.7. The van der Waals surface area contributed by atoms with Crippen LogP contribution in [0.3, 0.4) is 0 Å². The maximum atomic E-state index is 12.9. The number of anilines is 1. The van der Waals surface area contributed by atoms with E-state index in [0.717, 1.165) is 5.56 Å². The maximum absolute atomic E-state index is 12.9. The Hall–Kier alpha value is -2.62. The fourth-order valence-electron chi connectivity index (χ4n) is 3.48. The molecule has 0 saturated carbocycles. The Balaban J connectivity index is 1.61. The molecule has 31 heavy (non-hydrogen) atoms. The minimum Gasteiger partial charge on any atom is -0.497 e. The highest BCUT2D eigenvalue weighted by atomic mass is 32.2. The molecule has 1 N–H and O–H groups in total. The van der Waals surface area contributed by atoms with Gasteiger partial charge in [0.1, 0.15) is 11.5 Å². The number of methoxy groups -OCH3 is 2. The van der Waals surface area contributed by atoms with Crippen LogP contribution in [0.5, 0.6) is 11.5 Å². The van der Waals surface area contributed by atoms with Gasteiger partial charge in [-0.2, -0.15) is 4.31 Å². The second-order valence-corrected chi connectivity index (χ2v) is 9.46. The molecule has 8 nitrogen and oxygen atoms in total. The van der Waals surface area contributed by atoms with Crippen LogP contribution in [0, 0.1) is 6.92 Å². The van der Waals surface area contributed by atoms with Gasteiger partial charge in [-0.1, -0.05) is 17.7 Å². The first-order valence-electron chi connectivity index (χ1n) is 10.1. The highest BCUT2D eigenvalue weighted by Crippen LogP contribution is 2.26. The standard InChI is InChI=1S/C22H29N3O5S/c1-16-5-7-21(8-6-16)31(27,28)25-11-9-24(10-12-25)17(2)22(26)23-18-13-19(29-3)15-20(14-18)30-4/h5-8,13-15,17H,9-12H2,1-4H3,(H,23,26)/t17-/m1/s1. The van der Waals surface area contributed by atoms with Gasteiger partial charge < -0.3 is 14.8 Å². The number of hydrogen-bond donors (Lipinski definition) is 1. The van der Waals surface area contributed by atoms with Gasteiger partial charge >= 0.3 is 0 Å². The van der Waals surface area contributed by atoms with Crippen LogP contribution in [0.15, 0.2) is 47.4 Å². The van der Waals surface area contributed by atoms with E-state index in [2.05, 4.69) is 5.32 Å². The predicted octanol–water partition coefficient (Wildman–Crippen LogP) is 2.35. The Kier molecular flexibility index (Phi) is 7.19. The summed E-state index contributed by atoms with van der Waals surface area (Å²) in [5.74, 6) is 0.986. The molecular formula is C22H29N3O5S. The Bertz CT molecular complexity index is 994. The maximum Gasteiger partial charge on any atom is 0.243 e. The number of sulfonamides is 1. The van der Waals surface area contributed by atoms with Gasteiger partial charge in [0.15, 0.2) is 0 Å². The van der Waals surface area contributed by atoms with Gasteiger partial charge in [-0.05, 0) is 26.0 Å². The van der Waals surface area contributed by atoms with E-state index in [0.29, 0.717) is 48.3 Å². The summed E-state index contributed by atoms with van der Waals surface area (Å²) in [6, 6.07) is 11.6. The zero-order valence-corrected chi connectivity index (χ0v) is 19.1. The molecule has 0 spiro atoms. The van der Waals surface area contributed by atoms with Crippen molar-refractivity contribution in [3.8, 4) is 11.5 Å². The average molecular weight is 448 g/mol. The second-order valence-electron chi connectivity index (χ2n) is 7.52. The third kappa shape index (κ3) is 5.36. The number of hydrogen-bond acceptors (Lipinski definition) is 6. The Morgan fingerprint density at radius 2 is 1.52 bits per heavy atom. The normalized spacial score (nSPS) is 16.5. The van der Waals surface area contributed by atoms with Crippen LogP contribution in [0.1, 0.15) is 12.5 Å². The van der Waals surface area contributed by atoms with Crippen LogP contribution in [0.4, 0.5) is 5.69 Å². The molecule has 0 bridgehead atoms. The molecule has 0 aromatic heterocycles. The lowest BCUT2D eigenvalue weighted by molar-refractivity contribution is -0.121. The molecule has 0 aliphatic carbocycles. The van der Waals surface area contributed by atoms with Crippen molar-refractivity contribution in [1.29, 1.82) is 0 Å². The number of rotatable bonds is 7. The molecule has 3 rings (SSSR count). The number of ether oxygens (including phenoxy) is 2. The topological polar surface area (TPSA) is 88.2 Å². The summed E-state index contributed by atoms with van der Waals surface area (Å²) >= 11 is 0. The molecule has 1 saturated heterocycles.